The summed E-state index contributed by atoms with van der Waals surface area (Å²) in [7, 11) is 0. The van der Waals surface area contributed by atoms with Crippen LogP contribution in [-0.4, -0.2) is 11.0 Å². The lowest BCUT2D eigenvalue weighted by Crippen LogP contribution is -2.32. The van der Waals surface area contributed by atoms with E-state index in [1.165, 1.54) is 0 Å². The highest BCUT2D eigenvalue weighted by Gasteiger charge is 2.20. The molecule has 0 saturated carbocycles. The molecule has 0 bridgehead atoms. The van der Waals surface area contributed by atoms with Gasteiger partial charge in [-0.3, -0.25) is 4.79 Å². The Hall–Kier alpha value is -1.61. The number of nitrogens with one attached hydrogen (secondary N) is 1. The van der Waals surface area contributed by atoms with Crippen LogP contribution in [0.4, 0.5) is 0 Å². The topological polar surface area (TPSA) is 58.9 Å². The van der Waals surface area contributed by atoms with E-state index >= 15 is 0 Å². The van der Waals surface area contributed by atoms with Gasteiger partial charge in [0, 0.05) is 28.2 Å². The Morgan fingerprint density at radius 2 is 2.24 bits per heavy atom. The first-order chi connectivity index (χ1) is 8.15. The van der Waals surface area contributed by atoms with Crippen molar-refractivity contribution in [2.24, 2.45) is 5.73 Å². The molecule has 2 aromatic rings. The average molecular weight is 228 g/mol. The second-order valence-corrected chi connectivity index (χ2v) is 4.96. The molecular weight excluding hydrogens is 212 g/mol. The van der Waals surface area contributed by atoms with Crippen molar-refractivity contribution in [3.63, 3.8) is 0 Å². The molecule has 88 valence electrons. The smallest absolute Gasteiger partial charge is 0.192 e. The Labute approximate surface area is 99.7 Å². The number of nitrogens with two attached hydrogens (primary N) is 1. The molecule has 1 aliphatic carbocycles. The van der Waals surface area contributed by atoms with Crippen LogP contribution in [0.15, 0.2) is 23.0 Å². The van der Waals surface area contributed by atoms with E-state index in [1.54, 1.807) is 0 Å². The molecule has 0 fully saturated rings. The van der Waals surface area contributed by atoms with Gasteiger partial charge in [-0.1, -0.05) is 11.6 Å². The van der Waals surface area contributed by atoms with Crippen LogP contribution in [-0.2, 0) is 12.8 Å². The second-order valence-electron chi connectivity index (χ2n) is 4.96. The Kier molecular flexibility index (Phi) is 2.30. The van der Waals surface area contributed by atoms with Crippen molar-refractivity contribution in [2.45, 2.75) is 32.2 Å². The molecule has 3 rings (SSSR count). The van der Waals surface area contributed by atoms with Gasteiger partial charge in [-0.2, -0.15) is 0 Å². The largest absolute Gasteiger partial charge is 0.358 e. The van der Waals surface area contributed by atoms with Gasteiger partial charge in [-0.15, -0.1) is 0 Å². The van der Waals surface area contributed by atoms with E-state index in [0.29, 0.717) is 6.42 Å². The lowest BCUT2D eigenvalue weighted by atomic mass is 9.91. The van der Waals surface area contributed by atoms with E-state index in [4.69, 9.17) is 5.73 Å². The molecule has 3 N–H and O–H groups in total. The van der Waals surface area contributed by atoms with Crippen LogP contribution < -0.4 is 11.2 Å². The van der Waals surface area contributed by atoms with Gasteiger partial charge in [0.2, 0.25) is 0 Å². The minimum Gasteiger partial charge on any atom is -0.358 e. The minimum absolute atomic E-state index is 0.130. The number of aromatic nitrogens is 1. The van der Waals surface area contributed by atoms with E-state index in [9.17, 15) is 4.79 Å². The Morgan fingerprint density at radius 3 is 3.06 bits per heavy atom. The summed E-state index contributed by atoms with van der Waals surface area (Å²) in [6, 6.07) is 6.10. The molecule has 1 atom stereocenters. The fraction of sp³-hybridized carbons (Fsp3) is 0.357. The van der Waals surface area contributed by atoms with Crippen LogP contribution in [0.1, 0.15) is 23.2 Å². The SMILES string of the molecule is Cc1ccc2[nH]c3c(c(=O)c2c1)C[C@@H](N)CC3. The standard InChI is InChI=1S/C14H16N2O/c1-8-2-4-12-10(6-8)14(17)11-7-9(15)3-5-13(11)16-12/h2,4,6,9H,3,5,7,15H2,1H3,(H,16,17)/t9-/m0/s1. The zero-order valence-corrected chi connectivity index (χ0v) is 9.92. The first kappa shape index (κ1) is 10.5. The van der Waals surface area contributed by atoms with Gasteiger partial charge in [0.1, 0.15) is 0 Å². The Morgan fingerprint density at radius 1 is 1.41 bits per heavy atom. The van der Waals surface area contributed by atoms with Crippen LogP contribution in [0, 0.1) is 6.92 Å². The normalized spacial score (nSPS) is 19.3. The molecule has 1 heterocycles. The lowest BCUT2D eigenvalue weighted by molar-refractivity contribution is 0.566. The number of hydrogen-bond acceptors (Lipinski definition) is 2. The molecule has 0 unspecified atom stereocenters. The second kappa shape index (κ2) is 3.70. The van der Waals surface area contributed by atoms with Gasteiger partial charge in [-0.25, -0.2) is 0 Å². The van der Waals surface area contributed by atoms with Gasteiger partial charge < -0.3 is 10.7 Å². The molecule has 3 heteroatoms. The summed E-state index contributed by atoms with van der Waals surface area (Å²) < 4.78 is 0. The van der Waals surface area contributed by atoms with E-state index in [-0.39, 0.29) is 11.5 Å². The van der Waals surface area contributed by atoms with Gasteiger partial charge in [0.15, 0.2) is 5.43 Å². The number of pyridine rings is 1. The van der Waals surface area contributed by atoms with E-state index < -0.39 is 0 Å². The highest BCUT2D eigenvalue weighted by Crippen LogP contribution is 2.20. The highest BCUT2D eigenvalue weighted by atomic mass is 16.1. The van der Waals surface area contributed by atoms with Crippen molar-refractivity contribution in [3.05, 3.63) is 45.2 Å². The van der Waals surface area contributed by atoms with E-state index in [2.05, 4.69) is 4.98 Å². The summed E-state index contributed by atoms with van der Waals surface area (Å²) in [5, 5.41) is 0.790. The first-order valence-corrected chi connectivity index (χ1v) is 6.05. The molecule has 1 aromatic carbocycles. The van der Waals surface area contributed by atoms with Crippen LogP contribution >= 0.6 is 0 Å². The number of benzene rings is 1. The minimum atomic E-state index is 0.130. The maximum absolute atomic E-state index is 12.4. The zero-order chi connectivity index (χ0) is 12.0. The third-order valence-corrected chi connectivity index (χ3v) is 3.58. The van der Waals surface area contributed by atoms with E-state index in [0.717, 1.165) is 40.6 Å². The number of H-pyrrole nitrogens is 1. The third-order valence-electron chi connectivity index (χ3n) is 3.58. The number of fused-ring (bicyclic) bond motifs is 2. The monoisotopic (exact) mass is 228 g/mol. The molecule has 0 spiro atoms. The molecule has 0 radical (unpaired) electrons. The predicted molar refractivity (Wildman–Crippen MR) is 69.3 cm³/mol. The van der Waals surface area contributed by atoms with Gasteiger partial charge >= 0.3 is 0 Å². The summed E-state index contributed by atoms with van der Waals surface area (Å²) in [6.45, 7) is 2.00. The van der Waals surface area contributed by atoms with Crippen LogP contribution in [0.5, 0.6) is 0 Å². The first-order valence-electron chi connectivity index (χ1n) is 6.05. The van der Waals surface area contributed by atoms with Crippen molar-refractivity contribution in [2.75, 3.05) is 0 Å². The van der Waals surface area contributed by atoms with Gasteiger partial charge in [0.25, 0.3) is 0 Å². The molecule has 1 aliphatic rings. The summed E-state index contributed by atoms with van der Waals surface area (Å²) in [4.78, 5) is 15.8. The Balaban J connectivity index is 2.33. The number of rotatable bonds is 0. The average Bonchev–Trinajstić information content (AvgIpc) is 2.32. The van der Waals surface area contributed by atoms with Crippen molar-refractivity contribution in [3.8, 4) is 0 Å². The summed E-state index contributed by atoms with van der Waals surface area (Å²) >= 11 is 0. The molecule has 0 saturated heterocycles. The number of hydrogen-bond donors (Lipinski definition) is 2. The fourth-order valence-corrected chi connectivity index (χ4v) is 2.62. The van der Waals surface area contributed by atoms with Crippen molar-refractivity contribution in [1.82, 2.24) is 4.98 Å². The maximum Gasteiger partial charge on any atom is 0.192 e. The van der Waals surface area contributed by atoms with Crippen LogP contribution in [0.25, 0.3) is 10.9 Å². The fourth-order valence-electron chi connectivity index (χ4n) is 2.62. The van der Waals surface area contributed by atoms with Crippen molar-refractivity contribution >= 4 is 10.9 Å². The quantitative estimate of drug-likeness (QED) is 0.720. The number of aryl methyl sites for hydroxylation is 2. The predicted octanol–water partition coefficient (Wildman–Crippen LogP) is 1.65. The van der Waals surface area contributed by atoms with Gasteiger partial charge in [0.05, 0.1) is 0 Å². The molecule has 0 aliphatic heterocycles. The van der Waals surface area contributed by atoms with E-state index in [1.807, 2.05) is 25.1 Å². The van der Waals surface area contributed by atoms with Crippen molar-refractivity contribution in [1.29, 1.82) is 0 Å². The van der Waals surface area contributed by atoms with Crippen LogP contribution in [0.2, 0.25) is 0 Å². The lowest BCUT2D eigenvalue weighted by Gasteiger charge is -2.21. The summed E-state index contributed by atoms with van der Waals surface area (Å²) in [5.74, 6) is 0. The summed E-state index contributed by atoms with van der Waals surface area (Å²) in [5.41, 5.74) is 10.1. The molecule has 0 amide bonds. The van der Waals surface area contributed by atoms with Crippen LogP contribution in [0.3, 0.4) is 0 Å². The van der Waals surface area contributed by atoms with Gasteiger partial charge in [-0.05, 0) is 38.3 Å². The summed E-state index contributed by atoms with van der Waals surface area (Å²) in [6.07, 6.45) is 2.55. The molecule has 1 aromatic heterocycles. The van der Waals surface area contributed by atoms with Crippen molar-refractivity contribution < 1.29 is 0 Å². The third kappa shape index (κ3) is 1.67. The zero-order valence-electron chi connectivity index (χ0n) is 9.92. The molecule has 3 nitrogen and oxygen atoms in total. The molecular formula is C14H16N2O. The molecule has 17 heavy (non-hydrogen) atoms. The number of aromatic amines is 1. The maximum atomic E-state index is 12.4. The highest BCUT2D eigenvalue weighted by molar-refractivity contribution is 5.80. The Bertz CT molecular complexity index is 642.